The van der Waals surface area contributed by atoms with E-state index < -0.39 is 0 Å². The molecule has 0 radical (unpaired) electrons. The third kappa shape index (κ3) is 4.59. The first-order chi connectivity index (χ1) is 13.3. The van der Waals surface area contributed by atoms with Crippen molar-refractivity contribution in [2.24, 2.45) is 4.99 Å². The summed E-state index contributed by atoms with van der Waals surface area (Å²) in [4.78, 5) is 18.0. The molecule has 3 aromatic rings. The fourth-order valence-electron chi connectivity index (χ4n) is 3.05. The van der Waals surface area contributed by atoms with Gasteiger partial charge < -0.3 is 9.30 Å². The molecular formula is C23H28N2O2S. The average molecular weight is 397 g/mol. The minimum atomic E-state index is -0.214. The zero-order valence-corrected chi connectivity index (χ0v) is 18.1. The minimum Gasteiger partial charge on any atom is -0.380 e. The molecule has 0 fully saturated rings. The average Bonchev–Trinajstić information content (AvgIpc) is 2.97. The lowest BCUT2D eigenvalue weighted by atomic mass is 9.87. The van der Waals surface area contributed by atoms with E-state index in [1.54, 1.807) is 11.3 Å². The number of ether oxygens (including phenoxy) is 1. The SMILES string of the molecule is CCOCCn1c(=NC(=O)c2ccc(C(C)(C)C)cc2)sc2cc(C)ccc21. The molecule has 0 aliphatic carbocycles. The van der Waals surface area contributed by atoms with E-state index in [2.05, 4.69) is 55.5 Å². The molecule has 4 nitrogen and oxygen atoms in total. The van der Waals surface area contributed by atoms with Gasteiger partial charge >= 0.3 is 0 Å². The fourth-order valence-corrected chi connectivity index (χ4v) is 4.20. The van der Waals surface area contributed by atoms with E-state index in [9.17, 15) is 4.79 Å². The van der Waals surface area contributed by atoms with Gasteiger partial charge in [0.05, 0.1) is 16.8 Å². The van der Waals surface area contributed by atoms with Crippen molar-refractivity contribution in [1.82, 2.24) is 4.57 Å². The minimum absolute atomic E-state index is 0.0599. The monoisotopic (exact) mass is 396 g/mol. The molecule has 0 atom stereocenters. The van der Waals surface area contributed by atoms with E-state index in [4.69, 9.17) is 4.74 Å². The van der Waals surface area contributed by atoms with Gasteiger partial charge in [0.25, 0.3) is 5.91 Å². The van der Waals surface area contributed by atoms with Gasteiger partial charge in [-0.15, -0.1) is 0 Å². The van der Waals surface area contributed by atoms with Crippen molar-refractivity contribution in [3.8, 4) is 0 Å². The van der Waals surface area contributed by atoms with Crippen molar-refractivity contribution in [2.45, 2.75) is 46.6 Å². The number of rotatable bonds is 5. The van der Waals surface area contributed by atoms with Crippen LogP contribution in [-0.4, -0.2) is 23.7 Å². The summed E-state index contributed by atoms with van der Waals surface area (Å²) < 4.78 is 8.74. The Morgan fingerprint density at radius 2 is 1.86 bits per heavy atom. The highest BCUT2D eigenvalue weighted by atomic mass is 32.1. The summed E-state index contributed by atoms with van der Waals surface area (Å²) in [6, 6.07) is 14.1. The van der Waals surface area contributed by atoms with Crippen molar-refractivity contribution in [1.29, 1.82) is 0 Å². The summed E-state index contributed by atoms with van der Waals surface area (Å²) in [5, 5.41) is 0. The molecule has 0 N–H and O–H groups in total. The molecule has 148 valence electrons. The Labute approximate surface area is 170 Å². The first kappa shape index (κ1) is 20.5. The van der Waals surface area contributed by atoms with E-state index in [0.717, 1.165) is 10.2 Å². The molecule has 0 saturated heterocycles. The number of aromatic nitrogens is 1. The summed E-state index contributed by atoms with van der Waals surface area (Å²) in [6.45, 7) is 12.5. The Hall–Kier alpha value is -2.24. The predicted octanol–water partition coefficient (Wildman–Crippen LogP) is 5.09. The van der Waals surface area contributed by atoms with E-state index in [1.807, 2.05) is 31.2 Å². The molecule has 5 heteroatoms. The number of benzene rings is 2. The van der Waals surface area contributed by atoms with Crippen molar-refractivity contribution in [2.75, 3.05) is 13.2 Å². The normalized spacial score (nSPS) is 12.7. The molecule has 0 spiro atoms. The molecule has 0 bridgehead atoms. The summed E-state index contributed by atoms with van der Waals surface area (Å²) in [6.07, 6.45) is 0. The van der Waals surface area contributed by atoms with Crippen LogP contribution in [0.2, 0.25) is 0 Å². The number of nitrogens with zero attached hydrogens (tertiary/aromatic N) is 2. The predicted molar refractivity (Wildman–Crippen MR) is 116 cm³/mol. The molecule has 28 heavy (non-hydrogen) atoms. The van der Waals surface area contributed by atoms with Crippen LogP contribution >= 0.6 is 11.3 Å². The molecule has 1 aromatic heterocycles. The highest BCUT2D eigenvalue weighted by Gasteiger charge is 2.14. The Bertz CT molecular complexity index is 1040. The second-order valence-corrected chi connectivity index (χ2v) is 8.96. The zero-order chi connectivity index (χ0) is 20.3. The highest BCUT2D eigenvalue weighted by molar-refractivity contribution is 7.16. The van der Waals surface area contributed by atoms with Gasteiger partial charge in [0.1, 0.15) is 0 Å². The zero-order valence-electron chi connectivity index (χ0n) is 17.3. The summed E-state index contributed by atoms with van der Waals surface area (Å²) in [7, 11) is 0. The molecule has 0 aliphatic heterocycles. The summed E-state index contributed by atoms with van der Waals surface area (Å²) in [5.41, 5.74) is 4.15. The quantitative estimate of drug-likeness (QED) is 0.564. The van der Waals surface area contributed by atoms with E-state index in [1.165, 1.54) is 11.1 Å². The number of aryl methyl sites for hydroxylation is 1. The van der Waals surface area contributed by atoms with Crippen LogP contribution in [0.5, 0.6) is 0 Å². The van der Waals surface area contributed by atoms with Crippen LogP contribution in [0.25, 0.3) is 10.2 Å². The van der Waals surface area contributed by atoms with Gasteiger partial charge in [-0.05, 0) is 54.7 Å². The Morgan fingerprint density at radius 1 is 1.14 bits per heavy atom. The molecule has 0 saturated carbocycles. The number of hydrogen-bond acceptors (Lipinski definition) is 3. The van der Waals surface area contributed by atoms with Gasteiger partial charge in [-0.25, -0.2) is 0 Å². The van der Waals surface area contributed by atoms with Gasteiger partial charge in [0, 0.05) is 18.7 Å². The number of fused-ring (bicyclic) bond motifs is 1. The number of carbonyl (C=O) groups is 1. The lowest BCUT2D eigenvalue weighted by molar-refractivity contribution is 0.0996. The second kappa shape index (κ2) is 8.41. The van der Waals surface area contributed by atoms with Crippen molar-refractivity contribution < 1.29 is 9.53 Å². The van der Waals surface area contributed by atoms with Gasteiger partial charge in [0.15, 0.2) is 4.80 Å². The van der Waals surface area contributed by atoms with Crippen LogP contribution in [0.3, 0.4) is 0 Å². The summed E-state index contributed by atoms with van der Waals surface area (Å²) >= 11 is 1.55. The van der Waals surface area contributed by atoms with Gasteiger partial charge in [-0.2, -0.15) is 4.99 Å². The van der Waals surface area contributed by atoms with Gasteiger partial charge in [-0.3, -0.25) is 4.79 Å². The molecular weight excluding hydrogens is 368 g/mol. The van der Waals surface area contributed by atoms with Crippen LogP contribution < -0.4 is 4.80 Å². The third-order valence-electron chi connectivity index (χ3n) is 4.70. The molecule has 1 amide bonds. The maximum Gasteiger partial charge on any atom is 0.279 e. The van der Waals surface area contributed by atoms with Crippen molar-refractivity contribution in [3.05, 3.63) is 64.0 Å². The Kier molecular flexibility index (Phi) is 6.16. The lowest BCUT2D eigenvalue weighted by Crippen LogP contribution is -2.19. The maximum atomic E-state index is 12.8. The third-order valence-corrected chi connectivity index (χ3v) is 5.74. The number of amides is 1. The molecule has 3 rings (SSSR count). The van der Waals surface area contributed by atoms with Crippen molar-refractivity contribution in [3.63, 3.8) is 0 Å². The smallest absolute Gasteiger partial charge is 0.279 e. The first-order valence-electron chi connectivity index (χ1n) is 9.67. The largest absolute Gasteiger partial charge is 0.380 e. The van der Waals surface area contributed by atoms with Crippen LogP contribution in [-0.2, 0) is 16.7 Å². The molecule has 0 unspecified atom stereocenters. The second-order valence-electron chi connectivity index (χ2n) is 7.95. The number of carbonyl (C=O) groups excluding carboxylic acids is 1. The number of thiazole rings is 1. The van der Waals surface area contributed by atoms with Gasteiger partial charge in [-0.1, -0.05) is 50.3 Å². The fraction of sp³-hybridized carbons (Fsp3) is 0.391. The highest BCUT2D eigenvalue weighted by Crippen LogP contribution is 2.23. The standard InChI is InChI=1S/C23H28N2O2S/c1-6-27-14-13-25-19-12-7-16(2)15-20(19)28-22(25)24-21(26)17-8-10-18(11-9-17)23(3,4)5/h7-12,15H,6,13-14H2,1-5H3. The first-order valence-corrected chi connectivity index (χ1v) is 10.5. The summed E-state index contributed by atoms with van der Waals surface area (Å²) in [5.74, 6) is -0.214. The molecule has 1 heterocycles. The van der Waals surface area contributed by atoms with E-state index in [0.29, 0.717) is 30.1 Å². The lowest BCUT2D eigenvalue weighted by Gasteiger charge is -2.18. The van der Waals surface area contributed by atoms with Crippen LogP contribution in [0, 0.1) is 6.92 Å². The molecule has 2 aromatic carbocycles. The van der Waals surface area contributed by atoms with Crippen molar-refractivity contribution >= 4 is 27.5 Å². The molecule has 0 aliphatic rings. The maximum absolute atomic E-state index is 12.8. The Morgan fingerprint density at radius 3 is 2.50 bits per heavy atom. The Balaban J connectivity index is 1.99. The van der Waals surface area contributed by atoms with Gasteiger partial charge in [0.2, 0.25) is 0 Å². The topological polar surface area (TPSA) is 43.6 Å². The number of hydrogen-bond donors (Lipinski definition) is 0. The van der Waals surface area contributed by atoms with Crippen LogP contribution in [0.4, 0.5) is 0 Å². The van der Waals surface area contributed by atoms with Crippen LogP contribution in [0.1, 0.15) is 49.2 Å². The van der Waals surface area contributed by atoms with Crippen LogP contribution in [0.15, 0.2) is 47.5 Å². The van der Waals surface area contributed by atoms with E-state index >= 15 is 0 Å². The van der Waals surface area contributed by atoms with E-state index in [-0.39, 0.29) is 11.3 Å².